The van der Waals surface area contributed by atoms with E-state index in [-0.39, 0.29) is 234 Å². The molecule has 18 saturated heterocycles. The van der Waals surface area contributed by atoms with E-state index in [4.69, 9.17) is 142 Å². The standard InChI is InChI=1S/C10H12O7.C10H18O6S.C10H14O6.C10H12O6.C10H10O6.C9H12O6.C8H10O6.C7H10O5.C4H8O4S/c11-9(15-3-5-1-13-5)7-8(17-7)10(12)16-4-6-2-14-6;11-17(12,3-1-13-5-9-7-15-9)4-2-14-6-10-8-16-10;3*11-9(15-5-7-3-13-7)1-2-10(12)16-6-8-4-14-8;10-8(14-4-6-2-12-6)1-9(11)15-5-7-3-13-7;9-7(13-3-5-1-11-5)8(10)14-4-6-2-12-6;8-7(11-3-5-1-9-5)12-4-6-2-10-6;1-9(5,6)8-3-4-2-7-4/h5-8H,1-4H2;9-10H,1-8H2;7-8H,1-6H2;1-2,7-8H,3-6H2;7-8H,3-6H2;6-7H,1-5H2;5-6H,1-4H2;5-6H,1-4H2;4H,2-3H2,1H3/b;;;2-1+;;;;;. The van der Waals surface area contributed by atoms with Crippen molar-refractivity contribution in [2.75, 3.05) is 256 Å². The molecule has 742 valence electrons. The van der Waals surface area contributed by atoms with Crippen molar-refractivity contribution >= 4 is 97.7 Å². The summed E-state index contributed by atoms with van der Waals surface area (Å²) < 4.78 is 212. The molecule has 0 spiro atoms. The van der Waals surface area contributed by atoms with Crippen LogP contribution in [0.1, 0.15) is 19.3 Å². The number of ether oxygens (including phenoxy) is 34. The highest BCUT2D eigenvalue weighted by molar-refractivity contribution is 7.91. The van der Waals surface area contributed by atoms with Crippen LogP contribution in [0.3, 0.4) is 0 Å². The van der Waals surface area contributed by atoms with Crippen LogP contribution >= 0.6 is 0 Å². The Hall–Kier alpha value is -8.73. The van der Waals surface area contributed by atoms with Gasteiger partial charge < -0.3 is 161 Å². The molecule has 0 saturated carbocycles. The van der Waals surface area contributed by atoms with Gasteiger partial charge in [0.25, 0.3) is 10.1 Å². The second kappa shape index (κ2) is 56.0. The first-order valence-corrected chi connectivity index (χ1v) is 45.5. The van der Waals surface area contributed by atoms with Gasteiger partial charge in [-0.3, -0.25) is 23.4 Å². The lowest BCUT2D eigenvalue weighted by molar-refractivity contribution is -0.168. The number of sulfone groups is 1. The van der Waals surface area contributed by atoms with E-state index >= 15 is 0 Å². The molecule has 0 aromatic carbocycles. The topological polar surface area (TPSA) is 673 Å². The number of rotatable bonds is 50. The van der Waals surface area contributed by atoms with Crippen molar-refractivity contribution < 1.29 is 244 Å². The molecule has 54 heteroatoms. The minimum Gasteiger partial charge on any atom is -0.463 e. The lowest BCUT2D eigenvalue weighted by Crippen LogP contribution is -2.23. The average Bonchev–Trinajstić information content (AvgIpc) is 1.64. The second-order valence-corrected chi connectivity index (χ2v) is 34.2. The molecule has 19 atom stereocenters. The summed E-state index contributed by atoms with van der Waals surface area (Å²) in [5, 5.41) is 0. The number of epoxide rings is 18. The largest absolute Gasteiger partial charge is 0.508 e. The van der Waals surface area contributed by atoms with Gasteiger partial charge in [-0.05, 0) is 0 Å². The zero-order valence-corrected chi connectivity index (χ0v) is 73.3. The van der Waals surface area contributed by atoms with Gasteiger partial charge in [-0.2, -0.15) is 8.42 Å². The van der Waals surface area contributed by atoms with Crippen LogP contribution in [0.25, 0.3) is 0 Å². The molecule has 18 aliphatic rings. The molecule has 0 N–H and O–H groups in total. The molecule has 132 heavy (non-hydrogen) atoms. The monoisotopic (exact) mass is 1940 g/mol. The predicted octanol–water partition coefficient (Wildman–Crippen LogP) is -6.75. The van der Waals surface area contributed by atoms with E-state index in [0.717, 1.165) is 31.6 Å². The highest BCUT2D eigenvalue weighted by Crippen LogP contribution is 2.27. The number of hydrogen-bond acceptors (Lipinski definition) is 52. The van der Waals surface area contributed by atoms with Gasteiger partial charge in [-0.15, -0.1) is 0 Å². The molecule has 18 fully saturated rings. The van der Waals surface area contributed by atoms with E-state index in [2.05, 4.69) is 23.1 Å². The highest BCUT2D eigenvalue weighted by atomic mass is 32.2. The number of carbonyl (C=O) groups is 13. The fourth-order valence-corrected chi connectivity index (χ4v) is 9.45. The number of esters is 12. The van der Waals surface area contributed by atoms with Crippen molar-refractivity contribution in [3.05, 3.63) is 12.2 Å². The summed E-state index contributed by atoms with van der Waals surface area (Å²) in [7, 11) is -6.33. The Bertz CT molecular complexity index is 3810. The van der Waals surface area contributed by atoms with Crippen LogP contribution in [0.15, 0.2) is 12.2 Å². The molecule has 0 aliphatic carbocycles. The van der Waals surface area contributed by atoms with Gasteiger partial charge in [0.2, 0.25) is 0 Å². The molecule has 18 heterocycles. The zero-order chi connectivity index (χ0) is 94.0. The SMILES string of the molecule is CS(=O)(=O)OCC1CO1.O=C(/C=C/C(=O)OCC1CO1)OCC1CO1.O=C(C#CC(=O)OCC1CO1)OCC1CO1.O=C(CC(=O)OCC1CO1)OCC1CO1.O=C(CCC(=O)OCC1CO1)OCC1CO1.O=C(OCC1CO1)C(=O)OCC1CO1.O=C(OCC1CO1)C1OC1C(=O)OCC1CO1.O=C(OCC1CO1)OCC1CO1.O=S(=O)(CCOCC1CO1)CCOCC1CO1. The van der Waals surface area contributed by atoms with E-state index in [0.29, 0.717) is 126 Å². The summed E-state index contributed by atoms with van der Waals surface area (Å²) in [6, 6.07) is 0. The molecular weight excluding hydrogens is 1830 g/mol. The lowest BCUT2D eigenvalue weighted by Gasteiger charge is -2.05. The Morgan fingerprint density at radius 1 is 0.280 bits per heavy atom. The average molecular weight is 1940 g/mol. The summed E-state index contributed by atoms with van der Waals surface area (Å²) in [6.45, 7) is 15.5. The normalized spacial score (nSPS) is 28.3. The Balaban J connectivity index is 0.000000155. The molecule has 0 amide bonds. The molecule has 18 aliphatic heterocycles. The van der Waals surface area contributed by atoms with Crippen LogP contribution < -0.4 is 0 Å². The van der Waals surface area contributed by atoms with Gasteiger partial charge >= 0.3 is 77.8 Å². The summed E-state index contributed by atoms with van der Waals surface area (Å²) in [5.74, 6) is -3.47. The molecule has 0 radical (unpaired) electrons. The van der Waals surface area contributed by atoms with E-state index in [9.17, 15) is 79.2 Å². The molecule has 0 bridgehead atoms. The third-order valence-electron chi connectivity index (χ3n) is 17.3. The van der Waals surface area contributed by atoms with E-state index < -0.39 is 110 Å². The molecule has 18 rings (SSSR count). The summed E-state index contributed by atoms with van der Waals surface area (Å²) in [6.07, 6.45) is 1.26. The Morgan fingerprint density at radius 3 is 0.780 bits per heavy atom. The van der Waals surface area contributed by atoms with Crippen LogP contribution in [0.5, 0.6) is 0 Å². The summed E-state index contributed by atoms with van der Waals surface area (Å²) in [5.41, 5.74) is 0. The van der Waals surface area contributed by atoms with E-state index in [1.165, 1.54) is 0 Å². The number of hydrogen-bond donors (Lipinski definition) is 0. The maximum atomic E-state index is 11.5. The first-order valence-electron chi connectivity index (χ1n) is 41.8. The van der Waals surface area contributed by atoms with E-state index in [1.807, 2.05) is 11.8 Å². The third kappa shape index (κ3) is 59.8. The Kier molecular flexibility index (Phi) is 44.6. The summed E-state index contributed by atoms with van der Waals surface area (Å²) >= 11 is 0. The molecule has 0 aromatic heterocycles. The first-order chi connectivity index (χ1) is 63.5. The number of carbonyl (C=O) groups excluding carboxylic acids is 13. The smallest absolute Gasteiger partial charge is 0.463 e. The third-order valence-corrected chi connectivity index (χ3v) is 19.4. The van der Waals surface area contributed by atoms with Crippen molar-refractivity contribution in [2.24, 2.45) is 0 Å². The van der Waals surface area contributed by atoms with Crippen molar-refractivity contribution in [3.8, 4) is 11.8 Å². The van der Waals surface area contributed by atoms with Gasteiger partial charge in [0, 0.05) is 24.0 Å². The van der Waals surface area contributed by atoms with E-state index in [1.54, 1.807) is 0 Å². The van der Waals surface area contributed by atoms with Gasteiger partial charge in [-0.1, -0.05) is 0 Å². The van der Waals surface area contributed by atoms with Gasteiger partial charge in [0.05, 0.1) is 176 Å². The Morgan fingerprint density at radius 2 is 0.508 bits per heavy atom. The van der Waals surface area contributed by atoms with Crippen LogP contribution in [-0.2, 0) is 243 Å². The van der Waals surface area contributed by atoms with Crippen LogP contribution in [0.4, 0.5) is 4.79 Å². The second-order valence-electron chi connectivity index (χ2n) is 30.3. The zero-order valence-electron chi connectivity index (χ0n) is 71.7. The lowest BCUT2D eigenvalue weighted by atomic mass is 10.3. The van der Waals surface area contributed by atoms with Gasteiger partial charge in [0.15, 0.2) is 22.0 Å². The minimum absolute atomic E-state index is 0.00937. The first kappa shape index (κ1) is 105. The van der Waals surface area contributed by atoms with Gasteiger partial charge in [0.1, 0.15) is 203 Å². The molecule has 0 aromatic rings. The highest BCUT2D eigenvalue weighted by Gasteiger charge is 2.53. The van der Waals surface area contributed by atoms with Crippen LogP contribution in [0.2, 0.25) is 0 Å². The summed E-state index contributed by atoms with van der Waals surface area (Å²) in [4.78, 5) is 144. The van der Waals surface area contributed by atoms with Crippen molar-refractivity contribution in [1.82, 2.24) is 0 Å². The Labute approximate surface area is 754 Å². The van der Waals surface area contributed by atoms with Crippen molar-refractivity contribution in [2.45, 2.75) is 135 Å². The van der Waals surface area contributed by atoms with Crippen molar-refractivity contribution in [3.63, 3.8) is 0 Å². The molecular formula is C78H106O52S2. The fraction of sp³-hybridized carbons (Fsp3) is 0.782. The van der Waals surface area contributed by atoms with Crippen LogP contribution in [0, 0.1) is 11.8 Å². The van der Waals surface area contributed by atoms with Crippen LogP contribution in [-0.4, -0.2) is 466 Å². The maximum Gasteiger partial charge on any atom is 0.508 e. The fourth-order valence-electron chi connectivity index (χ4n) is 8.11. The minimum atomic E-state index is -3.26. The quantitative estimate of drug-likeness (QED) is 0.00522. The molecule has 19 unspecified atom stereocenters. The van der Waals surface area contributed by atoms with Crippen molar-refractivity contribution in [1.29, 1.82) is 0 Å². The molecule has 52 nitrogen and oxygen atoms in total. The predicted molar refractivity (Wildman–Crippen MR) is 415 cm³/mol. The van der Waals surface area contributed by atoms with Gasteiger partial charge in [-0.25, -0.2) is 51.6 Å². The maximum absolute atomic E-state index is 11.5.